The zero-order valence-electron chi connectivity index (χ0n) is 8.89. The summed E-state index contributed by atoms with van der Waals surface area (Å²) in [5, 5.41) is 8.80. The number of aromatic carboxylic acids is 1. The molecule has 16 heavy (non-hydrogen) atoms. The quantitative estimate of drug-likeness (QED) is 0.773. The number of carbonyl (C=O) groups is 1. The van der Waals surface area contributed by atoms with Gasteiger partial charge in [0, 0.05) is 22.3 Å². The van der Waals surface area contributed by atoms with Crippen LogP contribution in [0.1, 0.15) is 22.3 Å². The molecule has 0 amide bonds. The SMILES string of the molecule is C=CCCS(=O)Cc1cccc(C(=O)O)c1. The lowest BCUT2D eigenvalue weighted by Crippen LogP contribution is -2.02. The Balaban J connectivity index is 2.66. The maximum Gasteiger partial charge on any atom is 0.335 e. The monoisotopic (exact) mass is 238 g/mol. The largest absolute Gasteiger partial charge is 0.478 e. The van der Waals surface area contributed by atoms with Gasteiger partial charge in [0.05, 0.1) is 5.56 Å². The molecular formula is C12H14O3S. The molecule has 0 heterocycles. The highest BCUT2D eigenvalue weighted by molar-refractivity contribution is 7.84. The van der Waals surface area contributed by atoms with Crippen LogP contribution in [0.15, 0.2) is 36.9 Å². The topological polar surface area (TPSA) is 54.4 Å². The highest BCUT2D eigenvalue weighted by Gasteiger charge is 2.05. The minimum atomic E-state index is -0.960. The van der Waals surface area contributed by atoms with Gasteiger partial charge in [0.15, 0.2) is 0 Å². The maximum absolute atomic E-state index is 11.6. The molecule has 0 aliphatic carbocycles. The second kappa shape index (κ2) is 6.23. The summed E-state index contributed by atoms with van der Waals surface area (Å²) >= 11 is 0. The van der Waals surface area contributed by atoms with Crippen molar-refractivity contribution in [3.05, 3.63) is 48.0 Å². The molecule has 0 bridgehead atoms. The first-order chi connectivity index (χ1) is 7.63. The third-order valence-electron chi connectivity index (χ3n) is 2.05. The van der Waals surface area contributed by atoms with Gasteiger partial charge in [-0.15, -0.1) is 6.58 Å². The lowest BCUT2D eigenvalue weighted by atomic mass is 10.1. The van der Waals surface area contributed by atoms with Crippen LogP contribution in [-0.2, 0) is 16.6 Å². The summed E-state index contributed by atoms with van der Waals surface area (Å²) in [6, 6.07) is 6.55. The molecule has 0 saturated heterocycles. The molecule has 0 aromatic heterocycles. The Morgan fingerprint density at radius 1 is 1.50 bits per heavy atom. The molecule has 1 N–H and O–H groups in total. The van der Waals surface area contributed by atoms with Crippen molar-refractivity contribution in [2.24, 2.45) is 0 Å². The van der Waals surface area contributed by atoms with Gasteiger partial charge in [0.2, 0.25) is 0 Å². The summed E-state index contributed by atoms with van der Waals surface area (Å²) in [5.41, 5.74) is 1.03. The minimum absolute atomic E-state index is 0.234. The van der Waals surface area contributed by atoms with E-state index < -0.39 is 16.8 Å². The summed E-state index contributed by atoms with van der Waals surface area (Å²) in [5.74, 6) is 0.00850. The van der Waals surface area contributed by atoms with E-state index in [4.69, 9.17) is 5.11 Å². The first kappa shape index (κ1) is 12.6. The fourth-order valence-corrected chi connectivity index (χ4v) is 2.39. The Morgan fingerprint density at radius 2 is 2.25 bits per heavy atom. The molecule has 0 aliphatic heterocycles. The molecule has 3 nitrogen and oxygen atoms in total. The number of carboxylic acid groups (broad SMARTS) is 1. The van der Waals surface area contributed by atoms with Crippen LogP contribution >= 0.6 is 0 Å². The molecule has 86 valence electrons. The number of carboxylic acids is 1. The predicted molar refractivity (Wildman–Crippen MR) is 64.9 cm³/mol. The van der Waals surface area contributed by atoms with Gasteiger partial charge >= 0.3 is 5.97 Å². The second-order valence-corrected chi connectivity index (χ2v) is 4.95. The summed E-state index contributed by atoms with van der Waals surface area (Å²) in [4.78, 5) is 10.7. The molecular weight excluding hydrogens is 224 g/mol. The summed E-state index contributed by atoms with van der Waals surface area (Å²) in [6.07, 6.45) is 2.44. The zero-order valence-corrected chi connectivity index (χ0v) is 9.70. The van der Waals surface area contributed by atoms with Gasteiger partial charge in [-0.2, -0.15) is 0 Å². The van der Waals surface area contributed by atoms with E-state index >= 15 is 0 Å². The Hall–Kier alpha value is -1.42. The Kier molecular flexibility index (Phi) is 4.92. The van der Waals surface area contributed by atoms with Gasteiger partial charge in [0.1, 0.15) is 0 Å². The van der Waals surface area contributed by atoms with E-state index in [9.17, 15) is 9.00 Å². The minimum Gasteiger partial charge on any atom is -0.478 e. The smallest absolute Gasteiger partial charge is 0.335 e. The highest BCUT2D eigenvalue weighted by Crippen LogP contribution is 2.08. The number of hydrogen-bond acceptors (Lipinski definition) is 2. The first-order valence-electron chi connectivity index (χ1n) is 4.91. The summed E-state index contributed by atoms with van der Waals surface area (Å²) in [7, 11) is -0.957. The van der Waals surface area contributed by atoms with Crippen molar-refractivity contribution in [3.63, 3.8) is 0 Å². The van der Waals surface area contributed by atoms with Crippen LogP contribution in [0.5, 0.6) is 0 Å². The molecule has 1 atom stereocenters. The number of hydrogen-bond donors (Lipinski definition) is 1. The van der Waals surface area contributed by atoms with Crippen LogP contribution in [0.25, 0.3) is 0 Å². The van der Waals surface area contributed by atoms with E-state index in [1.165, 1.54) is 6.07 Å². The highest BCUT2D eigenvalue weighted by atomic mass is 32.2. The van der Waals surface area contributed by atoms with Crippen LogP contribution in [0.4, 0.5) is 0 Å². The number of allylic oxidation sites excluding steroid dienone is 1. The molecule has 0 aliphatic rings. The van der Waals surface area contributed by atoms with E-state index in [-0.39, 0.29) is 5.56 Å². The standard InChI is InChI=1S/C12H14O3S/c1-2-3-7-16(15)9-10-5-4-6-11(8-10)12(13)14/h2,4-6,8H,1,3,7,9H2,(H,13,14). The lowest BCUT2D eigenvalue weighted by molar-refractivity contribution is 0.0697. The van der Waals surface area contributed by atoms with Crippen molar-refractivity contribution < 1.29 is 14.1 Å². The van der Waals surface area contributed by atoms with Crippen molar-refractivity contribution in [3.8, 4) is 0 Å². The first-order valence-corrected chi connectivity index (χ1v) is 6.40. The Labute approximate surface area is 97.3 Å². The third kappa shape index (κ3) is 3.98. The molecule has 0 saturated carbocycles. The Bertz CT molecular complexity index is 412. The summed E-state index contributed by atoms with van der Waals surface area (Å²) < 4.78 is 11.6. The van der Waals surface area contributed by atoms with Gasteiger partial charge in [-0.3, -0.25) is 4.21 Å². The van der Waals surface area contributed by atoms with E-state index in [1.54, 1.807) is 24.3 Å². The third-order valence-corrected chi connectivity index (χ3v) is 3.40. The zero-order chi connectivity index (χ0) is 12.0. The molecule has 1 aromatic rings. The molecule has 0 fully saturated rings. The van der Waals surface area contributed by atoms with Crippen molar-refractivity contribution in [1.29, 1.82) is 0 Å². The van der Waals surface area contributed by atoms with Crippen LogP contribution in [0, 0.1) is 0 Å². The maximum atomic E-state index is 11.6. The molecule has 4 heteroatoms. The molecule has 0 spiro atoms. The van der Waals surface area contributed by atoms with E-state index in [0.29, 0.717) is 17.9 Å². The fourth-order valence-electron chi connectivity index (χ4n) is 1.27. The van der Waals surface area contributed by atoms with E-state index in [2.05, 4.69) is 6.58 Å². The number of rotatable bonds is 6. The van der Waals surface area contributed by atoms with Gasteiger partial charge in [-0.25, -0.2) is 4.79 Å². The molecule has 1 unspecified atom stereocenters. The van der Waals surface area contributed by atoms with Gasteiger partial charge in [-0.05, 0) is 24.1 Å². The van der Waals surface area contributed by atoms with Crippen LogP contribution < -0.4 is 0 Å². The predicted octanol–water partition coefficient (Wildman–Crippen LogP) is 2.21. The van der Waals surface area contributed by atoms with E-state index in [0.717, 1.165) is 5.56 Å². The average molecular weight is 238 g/mol. The average Bonchev–Trinajstić information content (AvgIpc) is 2.26. The van der Waals surface area contributed by atoms with Crippen LogP contribution in [-0.4, -0.2) is 21.0 Å². The van der Waals surface area contributed by atoms with Crippen molar-refractivity contribution in [2.75, 3.05) is 5.75 Å². The second-order valence-electron chi connectivity index (χ2n) is 3.37. The normalized spacial score (nSPS) is 12.0. The van der Waals surface area contributed by atoms with Crippen LogP contribution in [0.2, 0.25) is 0 Å². The molecule has 1 aromatic carbocycles. The van der Waals surface area contributed by atoms with Gasteiger partial charge < -0.3 is 5.11 Å². The van der Waals surface area contributed by atoms with Crippen molar-refractivity contribution >= 4 is 16.8 Å². The van der Waals surface area contributed by atoms with Crippen molar-refractivity contribution in [2.45, 2.75) is 12.2 Å². The lowest BCUT2D eigenvalue weighted by Gasteiger charge is -2.02. The van der Waals surface area contributed by atoms with Crippen molar-refractivity contribution in [1.82, 2.24) is 0 Å². The fraction of sp³-hybridized carbons (Fsp3) is 0.250. The van der Waals surface area contributed by atoms with Crippen LogP contribution in [0.3, 0.4) is 0 Å². The number of benzene rings is 1. The molecule has 1 rings (SSSR count). The van der Waals surface area contributed by atoms with Gasteiger partial charge in [-0.1, -0.05) is 18.2 Å². The summed E-state index contributed by atoms with van der Waals surface area (Å²) in [6.45, 7) is 3.56. The van der Waals surface area contributed by atoms with Gasteiger partial charge in [0.25, 0.3) is 0 Å². The Morgan fingerprint density at radius 3 is 2.88 bits per heavy atom. The van der Waals surface area contributed by atoms with E-state index in [1.807, 2.05) is 0 Å². The molecule has 0 radical (unpaired) electrons.